The van der Waals surface area contributed by atoms with Crippen molar-refractivity contribution in [3.8, 4) is 5.69 Å². The van der Waals surface area contributed by atoms with Crippen LogP contribution in [0, 0.1) is 6.92 Å². The van der Waals surface area contributed by atoms with Crippen LogP contribution in [0.25, 0.3) is 5.69 Å². The number of nitrogens with two attached hydrogens (primary N) is 1. The van der Waals surface area contributed by atoms with Gasteiger partial charge in [-0.15, -0.1) is 0 Å². The monoisotopic (exact) mass is 359 g/mol. The molecule has 0 bridgehead atoms. The van der Waals surface area contributed by atoms with Gasteiger partial charge in [0.1, 0.15) is 18.3 Å². The summed E-state index contributed by atoms with van der Waals surface area (Å²) in [5, 5.41) is 4.79. The first-order valence-electron chi connectivity index (χ1n) is 9.09. The van der Waals surface area contributed by atoms with Crippen LogP contribution < -0.4 is 16.2 Å². The third-order valence-corrected chi connectivity index (χ3v) is 4.99. The van der Waals surface area contributed by atoms with Gasteiger partial charge in [-0.05, 0) is 38.8 Å². The summed E-state index contributed by atoms with van der Waals surface area (Å²) in [7, 11) is 1.81. The molecule has 1 aliphatic heterocycles. The van der Waals surface area contributed by atoms with Crippen molar-refractivity contribution in [2.24, 2.45) is 7.05 Å². The van der Waals surface area contributed by atoms with Crippen LogP contribution in [0.4, 0.5) is 5.69 Å². The molecule has 140 valence electrons. The van der Waals surface area contributed by atoms with Crippen LogP contribution in [-0.2, 0) is 16.6 Å². The second kappa shape index (κ2) is 7.88. The number of hydrogen-bond acceptors (Lipinski definition) is 3. The molecule has 1 saturated heterocycles. The Hall–Kier alpha value is -2.38. The van der Waals surface area contributed by atoms with Gasteiger partial charge in [0.15, 0.2) is 6.04 Å². The van der Waals surface area contributed by atoms with Crippen molar-refractivity contribution in [1.29, 1.82) is 0 Å². The zero-order valence-corrected chi connectivity index (χ0v) is 15.6. The molecule has 0 spiro atoms. The van der Waals surface area contributed by atoms with Gasteiger partial charge in [0, 0.05) is 13.7 Å². The Morgan fingerprint density at radius 3 is 2.77 bits per heavy atom. The third-order valence-electron chi connectivity index (χ3n) is 4.99. The van der Waals surface area contributed by atoms with Crippen molar-refractivity contribution >= 4 is 11.6 Å². The molecule has 3 rings (SSSR count). The highest BCUT2D eigenvalue weighted by molar-refractivity contribution is 5.93. The minimum Gasteiger partial charge on any atom is -0.372 e. The van der Waals surface area contributed by atoms with Crippen molar-refractivity contribution in [3.63, 3.8) is 0 Å². The predicted octanol–water partition coefficient (Wildman–Crippen LogP) is 0.554. The molecule has 2 atom stereocenters. The highest BCUT2D eigenvalue weighted by Crippen LogP contribution is 2.14. The molecule has 0 aliphatic carbocycles. The lowest BCUT2D eigenvalue weighted by atomic mass is 10.2. The smallest absolute Gasteiger partial charge is 0.295 e. The van der Waals surface area contributed by atoms with Gasteiger partial charge in [0.25, 0.3) is 11.5 Å². The Labute approximate surface area is 152 Å². The molecule has 7 heteroatoms. The van der Waals surface area contributed by atoms with E-state index in [1.54, 1.807) is 9.36 Å². The molecule has 2 heterocycles. The highest BCUT2D eigenvalue weighted by Gasteiger charge is 2.24. The number of rotatable bonds is 6. The van der Waals surface area contributed by atoms with E-state index in [9.17, 15) is 9.59 Å². The molecule has 7 nitrogen and oxygen atoms in total. The standard InChI is InChI=1S/C19H26N4O3/c1-13(20-12-16-10-7-11-26-16)18(24)21-17-14(2)22(3)23(19(17)25)15-8-5-4-6-9-15/h4-6,8-9,13,16,20H,7,10-12H2,1-3H3,(H,21,24)/p+1/t13-,16+/m0/s1. The van der Waals surface area contributed by atoms with Gasteiger partial charge < -0.3 is 15.4 Å². The fourth-order valence-electron chi connectivity index (χ4n) is 3.24. The van der Waals surface area contributed by atoms with Crippen molar-refractivity contribution in [2.45, 2.75) is 38.8 Å². The van der Waals surface area contributed by atoms with Gasteiger partial charge in [0.05, 0.1) is 11.4 Å². The Kier molecular flexibility index (Phi) is 5.58. The predicted molar refractivity (Wildman–Crippen MR) is 99.6 cm³/mol. The topological polar surface area (TPSA) is 81.9 Å². The Morgan fingerprint density at radius 1 is 1.38 bits per heavy atom. The summed E-state index contributed by atoms with van der Waals surface area (Å²) in [6.45, 7) is 5.24. The number of hydrogen-bond donors (Lipinski definition) is 2. The lowest BCUT2D eigenvalue weighted by molar-refractivity contribution is -0.678. The van der Waals surface area contributed by atoms with Crippen molar-refractivity contribution in [3.05, 3.63) is 46.4 Å². The van der Waals surface area contributed by atoms with Gasteiger partial charge >= 0.3 is 0 Å². The van der Waals surface area contributed by atoms with Crippen molar-refractivity contribution in [1.82, 2.24) is 9.36 Å². The number of anilines is 1. The maximum absolute atomic E-state index is 12.8. The van der Waals surface area contributed by atoms with Crippen LogP contribution in [0.2, 0.25) is 0 Å². The number of ether oxygens (including phenoxy) is 1. The van der Waals surface area contributed by atoms with E-state index in [2.05, 4.69) is 5.32 Å². The number of nitrogens with zero attached hydrogens (tertiary/aromatic N) is 2. The van der Waals surface area contributed by atoms with Gasteiger partial charge in [-0.25, -0.2) is 4.68 Å². The zero-order valence-electron chi connectivity index (χ0n) is 15.6. The number of nitrogens with one attached hydrogen (secondary N) is 1. The third kappa shape index (κ3) is 3.73. The van der Waals surface area contributed by atoms with Gasteiger partial charge in [-0.2, -0.15) is 0 Å². The number of para-hydroxylation sites is 1. The van der Waals surface area contributed by atoms with Crippen LogP contribution in [0.3, 0.4) is 0 Å². The quantitative estimate of drug-likeness (QED) is 0.790. The fourth-order valence-corrected chi connectivity index (χ4v) is 3.24. The number of aromatic nitrogens is 2. The number of carbonyl (C=O) groups excluding carboxylic acids is 1. The Balaban J connectivity index is 1.73. The first-order valence-corrected chi connectivity index (χ1v) is 9.09. The summed E-state index contributed by atoms with van der Waals surface area (Å²) >= 11 is 0. The lowest BCUT2D eigenvalue weighted by Crippen LogP contribution is -2.93. The summed E-state index contributed by atoms with van der Waals surface area (Å²) in [6, 6.07) is 9.10. The number of amides is 1. The van der Waals surface area contributed by atoms with Gasteiger partial charge in [0.2, 0.25) is 0 Å². The summed E-state index contributed by atoms with van der Waals surface area (Å²) < 4.78 is 8.91. The summed E-state index contributed by atoms with van der Waals surface area (Å²) in [5.41, 5.74) is 1.59. The average Bonchev–Trinajstić information content (AvgIpc) is 3.23. The normalized spacial score (nSPS) is 18.0. The van der Waals surface area contributed by atoms with E-state index in [0.29, 0.717) is 5.69 Å². The molecule has 1 amide bonds. The van der Waals surface area contributed by atoms with Crippen LogP contribution in [-0.4, -0.2) is 40.6 Å². The molecule has 0 saturated carbocycles. The molecular formula is C19H27N4O3+. The molecule has 0 unspecified atom stereocenters. The van der Waals surface area contributed by atoms with E-state index in [-0.39, 0.29) is 23.6 Å². The SMILES string of the molecule is Cc1c(NC(=O)[C@H](C)[NH2+]C[C@H]2CCCO2)c(=O)n(-c2ccccc2)n1C. The largest absolute Gasteiger partial charge is 0.372 e. The van der Waals surface area contributed by atoms with Crippen molar-refractivity contribution in [2.75, 3.05) is 18.5 Å². The molecule has 26 heavy (non-hydrogen) atoms. The second-order valence-corrected chi connectivity index (χ2v) is 6.82. The molecule has 1 aromatic heterocycles. The van der Waals surface area contributed by atoms with Crippen LogP contribution in [0.1, 0.15) is 25.5 Å². The highest BCUT2D eigenvalue weighted by atomic mass is 16.5. The van der Waals surface area contributed by atoms with E-state index in [0.717, 1.165) is 37.4 Å². The molecule has 3 N–H and O–H groups in total. The number of carbonyl (C=O) groups is 1. The summed E-state index contributed by atoms with van der Waals surface area (Å²) in [6.07, 6.45) is 2.35. The Morgan fingerprint density at radius 2 is 2.12 bits per heavy atom. The maximum atomic E-state index is 12.8. The van der Waals surface area contributed by atoms with Crippen LogP contribution >= 0.6 is 0 Å². The number of benzene rings is 1. The van der Waals surface area contributed by atoms with E-state index >= 15 is 0 Å². The van der Waals surface area contributed by atoms with E-state index in [1.165, 1.54) is 0 Å². The van der Waals surface area contributed by atoms with Gasteiger partial charge in [-0.3, -0.25) is 14.3 Å². The average molecular weight is 359 g/mol. The zero-order chi connectivity index (χ0) is 18.7. The molecule has 1 aromatic carbocycles. The maximum Gasteiger partial charge on any atom is 0.295 e. The molecular weight excluding hydrogens is 332 g/mol. The first kappa shape index (κ1) is 18.4. The summed E-state index contributed by atoms with van der Waals surface area (Å²) in [4.78, 5) is 25.4. The van der Waals surface area contributed by atoms with E-state index in [1.807, 2.05) is 56.5 Å². The lowest BCUT2D eigenvalue weighted by Gasteiger charge is -2.13. The molecule has 0 radical (unpaired) electrons. The molecule has 1 aliphatic rings. The first-order chi connectivity index (χ1) is 12.5. The summed E-state index contributed by atoms with van der Waals surface area (Å²) in [5.74, 6) is -0.172. The second-order valence-electron chi connectivity index (χ2n) is 6.82. The molecule has 2 aromatic rings. The number of quaternary nitrogens is 1. The van der Waals surface area contributed by atoms with Crippen molar-refractivity contribution < 1.29 is 14.8 Å². The fraction of sp³-hybridized carbons (Fsp3) is 0.474. The minimum atomic E-state index is -0.289. The Bertz CT molecular complexity index is 819. The minimum absolute atomic E-state index is 0.172. The van der Waals surface area contributed by atoms with Gasteiger partial charge in [-0.1, -0.05) is 18.2 Å². The molecule has 1 fully saturated rings. The van der Waals surface area contributed by atoms with E-state index < -0.39 is 0 Å². The van der Waals surface area contributed by atoms with Crippen LogP contribution in [0.15, 0.2) is 35.1 Å². The van der Waals surface area contributed by atoms with E-state index in [4.69, 9.17) is 4.74 Å². The van der Waals surface area contributed by atoms with Crippen LogP contribution in [0.5, 0.6) is 0 Å².